The third kappa shape index (κ3) is 4.50. The number of anilines is 1. The molecule has 1 aliphatic rings. The maximum Gasteiger partial charge on any atom is 0.235 e. The molecule has 1 fully saturated rings. The van der Waals surface area contributed by atoms with E-state index < -0.39 is 11.2 Å². The van der Waals surface area contributed by atoms with Crippen LogP contribution in [0.5, 0.6) is 17.2 Å². The summed E-state index contributed by atoms with van der Waals surface area (Å²) in [5.74, 6) is 12.0. The van der Waals surface area contributed by atoms with Crippen LogP contribution in [0.1, 0.15) is 24.0 Å². The first-order valence-electron chi connectivity index (χ1n) is 11.2. The molecule has 0 bridgehead atoms. The third-order valence-corrected chi connectivity index (χ3v) is 6.38. The van der Waals surface area contributed by atoms with Gasteiger partial charge in [-0.3, -0.25) is 4.79 Å². The van der Waals surface area contributed by atoms with Gasteiger partial charge in [-0.05, 0) is 65.9 Å². The number of rotatable bonds is 8. The molecule has 0 aliphatic heterocycles. The molecule has 10 heteroatoms. The van der Waals surface area contributed by atoms with Gasteiger partial charge >= 0.3 is 0 Å². The van der Waals surface area contributed by atoms with Gasteiger partial charge in [-0.1, -0.05) is 18.2 Å². The highest BCUT2D eigenvalue weighted by atomic mass is 19.1. The molecule has 0 heterocycles. The van der Waals surface area contributed by atoms with Crippen molar-refractivity contribution < 1.29 is 23.4 Å². The van der Waals surface area contributed by atoms with Crippen molar-refractivity contribution in [2.24, 2.45) is 16.8 Å². The maximum atomic E-state index is 13.9. The minimum absolute atomic E-state index is 0.103. The second kappa shape index (κ2) is 10.1. The van der Waals surface area contributed by atoms with Gasteiger partial charge in [0.25, 0.3) is 0 Å². The van der Waals surface area contributed by atoms with Crippen LogP contribution >= 0.6 is 0 Å². The van der Waals surface area contributed by atoms with E-state index in [1.54, 1.807) is 44.6 Å². The number of amidine groups is 1. The average Bonchev–Trinajstić information content (AvgIpc) is 3.72. The fraction of sp³-hybridized carbons (Fsp3) is 0.231. The van der Waals surface area contributed by atoms with Crippen LogP contribution in [0.25, 0.3) is 11.1 Å². The van der Waals surface area contributed by atoms with Gasteiger partial charge in [0.1, 0.15) is 0 Å². The lowest BCUT2D eigenvalue weighted by atomic mass is 9.94. The zero-order chi connectivity index (χ0) is 25.9. The first-order valence-corrected chi connectivity index (χ1v) is 11.2. The molecule has 188 valence electrons. The topological polar surface area (TPSA) is 133 Å². The predicted octanol–water partition coefficient (Wildman–Crippen LogP) is 3.27. The van der Waals surface area contributed by atoms with E-state index >= 15 is 0 Å². The molecule has 3 aromatic carbocycles. The monoisotopic (exact) mass is 493 g/mol. The van der Waals surface area contributed by atoms with E-state index in [0.717, 1.165) is 11.1 Å². The van der Waals surface area contributed by atoms with Crippen LogP contribution in [-0.4, -0.2) is 33.1 Å². The molecule has 1 amide bonds. The summed E-state index contributed by atoms with van der Waals surface area (Å²) in [7, 11) is 4.51. The Morgan fingerprint density at radius 2 is 1.67 bits per heavy atom. The van der Waals surface area contributed by atoms with Crippen molar-refractivity contribution in [2.45, 2.75) is 18.3 Å². The summed E-state index contributed by atoms with van der Waals surface area (Å²) in [4.78, 5) is 13.3. The van der Waals surface area contributed by atoms with Crippen LogP contribution in [0.15, 0.2) is 59.7 Å². The van der Waals surface area contributed by atoms with Crippen LogP contribution in [0, 0.1) is 5.82 Å². The van der Waals surface area contributed by atoms with Gasteiger partial charge in [0, 0.05) is 11.3 Å². The van der Waals surface area contributed by atoms with E-state index in [4.69, 9.17) is 25.9 Å². The van der Waals surface area contributed by atoms with Gasteiger partial charge < -0.3 is 30.8 Å². The Hall–Kier alpha value is -4.31. The number of benzene rings is 3. The molecule has 4 rings (SSSR count). The van der Waals surface area contributed by atoms with Crippen molar-refractivity contribution in [1.29, 1.82) is 0 Å². The van der Waals surface area contributed by atoms with Crippen molar-refractivity contribution in [1.82, 2.24) is 5.43 Å². The van der Waals surface area contributed by atoms with E-state index in [9.17, 15) is 9.18 Å². The molecular formula is C26H28FN5O4. The van der Waals surface area contributed by atoms with E-state index in [1.165, 1.54) is 13.2 Å². The van der Waals surface area contributed by atoms with Gasteiger partial charge in [0.05, 0.1) is 26.7 Å². The standard InChI is InChI=1S/C26H28FN5O4/c1-34-21-9-4-15(12-23(21)36-3)18-7-6-17(14-19(18)24(31-28)32-29)30-25(33)26(10-11-26)16-5-8-20(27)22(13-16)35-2/h4-9,12-14H,10-11,28-29H2,1-3H3,(H,30,33)(H,31,32). The number of carbonyl (C=O) groups is 1. The lowest BCUT2D eigenvalue weighted by Gasteiger charge is -2.19. The number of methoxy groups -OCH3 is 3. The first-order chi connectivity index (χ1) is 17.4. The fourth-order valence-corrected chi connectivity index (χ4v) is 4.24. The second-order valence-electron chi connectivity index (χ2n) is 8.34. The molecule has 0 atom stereocenters. The van der Waals surface area contributed by atoms with Gasteiger partial charge in [-0.25, -0.2) is 10.2 Å². The zero-order valence-electron chi connectivity index (χ0n) is 20.2. The van der Waals surface area contributed by atoms with E-state index in [-0.39, 0.29) is 17.5 Å². The Morgan fingerprint density at radius 3 is 2.28 bits per heavy atom. The van der Waals surface area contributed by atoms with Crippen LogP contribution < -0.4 is 36.6 Å². The molecule has 1 aliphatic carbocycles. The Balaban J connectivity index is 1.69. The highest BCUT2D eigenvalue weighted by molar-refractivity contribution is 6.07. The number of nitrogens with two attached hydrogens (primary N) is 2. The molecule has 3 aromatic rings. The van der Waals surface area contributed by atoms with Crippen molar-refractivity contribution in [3.05, 3.63) is 71.5 Å². The molecular weight excluding hydrogens is 465 g/mol. The lowest BCUT2D eigenvalue weighted by Crippen LogP contribution is -2.33. The number of halogens is 1. The summed E-state index contributed by atoms with van der Waals surface area (Å²) in [5.41, 5.74) is 5.10. The Kier molecular flexibility index (Phi) is 6.98. The Labute approximate surface area is 208 Å². The SMILES string of the molecule is COc1cc(C2(C(=O)Nc3ccc(-c4ccc(OC)c(OC)c4)c(/C(=N/N)NN)c3)CC2)ccc1F. The number of nitrogens with one attached hydrogen (secondary N) is 2. The largest absolute Gasteiger partial charge is 0.494 e. The zero-order valence-corrected chi connectivity index (χ0v) is 20.2. The van der Waals surface area contributed by atoms with Crippen LogP contribution in [0.2, 0.25) is 0 Å². The van der Waals surface area contributed by atoms with E-state index in [1.807, 2.05) is 18.2 Å². The Bertz CT molecular complexity index is 1320. The summed E-state index contributed by atoms with van der Waals surface area (Å²) in [6.45, 7) is 0. The predicted molar refractivity (Wildman–Crippen MR) is 136 cm³/mol. The number of hydrogen-bond acceptors (Lipinski definition) is 7. The minimum atomic E-state index is -0.750. The number of amides is 1. The van der Waals surface area contributed by atoms with Gasteiger partial charge in [0.2, 0.25) is 5.91 Å². The van der Waals surface area contributed by atoms with Crippen molar-refractivity contribution in [3.8, 4) is 28.4 Å². The molecule has 0 aromatic heterocycles. The fourth-order valence-electron chi connectivity index (χ4n) is 4.24. The van der Waals surface area contributed by atoms with Gasteiger partial charge in [-0.2, -0.15) is 5.10 Å². The van der Waals surface area contributed by atoms with Crippen molar-refractivity contribution in [3.63, 3.8) is 0 Å². The number of hydrazine groups is 1. The smallest absolute Gasteiger partial charge is 0.235 e. The summed E-state index contributed by atoms with van der Waals surface area (Å²) in [5, 5.41) is 6.73. The number of nitrogens with zero attached hydrogens (tertiary/aromatic N) is 1. The highest BCUT2D eigenvalue weighted by Crippen LogP contribution is 2.50. The molecule has 0 unspecified atom stereocenters. The third-order valence-electron chi connectivity index (χ3n) is 6.38. The molecule has 0 saturated heterocycles. The molecule has 0 spiro atoms. The minimum Gasteiger partial charge on any atom is -0.494 e. The molecule has 1 saturated carbocycles. The maximum absolute atomic E-state index is 13.9. The summed E-state index contributed by atoms with van der Waals surface area (Å²) in [6, 6.07) is 15.3. The molecule has 6 N–H and O–H groups in total. The summed E-state index contributed by atoms with van der Waals surface area (Å²) in [6.07, 6.45) is 1.29. The van der Waals surface area contributed by atoms with E-state index in [0.29, 0.717) is 41.2 Å². The number of hydrogen-bond donors (Lipinski definition) is 4. The number of ether oxygens (including phenoxy) is 3. The average molecular weight is 494 g/mol. The van der Waals surface area contributed by atoms with Crippen molar-refractivity contribution >= 4 is 17.4 Å². The van der Waals surface area contributed by atoms with Crippen LogP contribution in [-0.2, 0) is 10.2 Å². The van der Waals surface area contributed by atoms with Crippen molar-refractivity contribution in [2.75, 3.05) is 26.6 Å². The van der Waals surface area contributed by atoms with Crippen LogP contribution in [0.4, 0.5) is 10.1 Å². The second-order valence-corrected chi connectivity index (χ2v) is 8.34. The molecule has 0 radical (unpaired) electrons. The lowest BCUT2D eigenvalue weighted by molar-refractivity contribution is -0.118. The summed E-state index contributed by atoms with van der Waals surface area (Å²) < 4.78 is 29.8. The van der Waals surface area contributed by atoms with Crippen LogP contribution in [0.3, 0.4) is 0 Å². The summed E-state index contributed by atoms with van der Waals surface area (Å²) >= 11 is 0. The Morgan fingerprint density at radius 1 is 0.944 bits per heavy atom. The highest BCUT2D eigenvalue weighted by Gasteiger charge is 2.51. The van der Waals surface area contributed by atoms with Gasteiger partial charge in [-0.15, -0.1) is 0 Å². The molecule has 9 nitrogen and oxygen atoms in total. The quantitative estimate of drug-likeness (QED) is 0.164. The molecule has 36 heavy (non-hydrogen) atoms. The van der Waals surface area contributed by atoms with Gasteiger partial charge in [0.15, 0.2) is 28.9 Å². The van der Waals surface area contributed by atoms with E-state index in [2.05, 4.69) is 15.8 Å². The first kappa shape index (κ1) is 24.8. The number of carbonyl (C=O) groups excluding carboxylic acids is 1. The normalized spacial score (nSPS) is 14.1. The number of hydrazone groups is 1.